The van der Waals surface area contributed by atoms with Crippen LogP contribution in [0.4, 0.5) is 0 Å². The molecule has 74 valence electrons. The van der Waals surface area contributed by atoms with E-state index < -0.39 is 15.5 Å². The largest absolute Gasteiger partial charge is 0.356 e. The molecule has 0 bridgehead atoms. The Morgan fingerprint density at radius 1 is 1.46 bits per heavy atom. The van der Waals surface area contributed by atoms with E-state index in [2.05, 4.69) is 0 Å². The molecule has 0 saturated carbocycles. The van der Waals surface area contributed by atoms with Crippen LogP contribution >= 0.6 is 0 Å². The molecule has 0 aromatic carbocycles. The average Bonchev–Trinajstić information content (AvgIpc) is 2.04. The summed E-state index contributed by atoms with van der Waals surface area (Å²) in [6.07, 6.45) is 7.33. The van der Waals surface area contributed by atoms with Crippen LogP contribution in [0.5, 0.6) is 0 Å². The third-order valence-electron chi connectivity index (χ3n) is 1.78. The van der Waals surface area contributed by atoms with Crippen LogP contribution in [0.3, 0.4) is 0 Å². The first kappa shape index (κ1) is 10.3. The van der Waals surface area contributed by atoms with Crippen LogP contribution in [-0.4, -0.2) is 29.8 Å². The molecule has 0 amide bonds. The van der Waals surface area contributed by atoms with Crippen LogP contribution in [0.2, 0.25) is 0 Å². The Bertz CT molecular complexity index is 318. The van der Waals surface area contributed by atoms with Gasteiger partial charge < -0.3 is 4.90 Å². The Labute approximate surface area is 78.3 Å². The standard InChI is InChI=1S/C8H13NO3S/c1-2-6-9-7-4-3-5-8(9)13(10,11)12/h3-5,7-8H,2,6H2,1H3,(H,10,11,12). The first-order valence-corrected chi connectivity index (χ1v) is 5.63. The highest BCUT2D eigenvalue weighted by Gasteiger charge is 2.25. The number of hydrogen-bond donors (Lipinski definition) is 1. The van der Waals surface area contributed by atoms with Gasteiger partial charge in [-0.1, -0.05) is 13.0 Å². The van der Waals surface area contributed by atoms with Crippen LogP contribution in [0.1, 0.15) is 13.3 Å². The smallest absolute Gasteiger partial charge is 0.290 e. The molecule has 1 atom stereocenters. The maximum atomic E-state index is 10.9. The van der Waals surface area contributed by atoms with E-state index in [-0.39, 0.29) is 0 Å². The Morgan fingerprint density at radius 3 is 2.69 bits per heavy atom. The van der Waals surface area contributed by atoms with Crippen molar-refractivity contribution in [3.63, 3.8) is 0 Å². The highest BCUT2D eigenvalue weighted by Crippen LogP contribution is 2.13. The second-order valence-corrected chi connectivity index (χ2v) is 4.38. The van der Waals surface area contributed by atoms with E-state index >= 15 is 0 Å². The highest BCUT2D eigenvalue weighted by molar-refractivity contribution is 7.86. The second-order valence-electron chi connectivity index (χ2n) is 2.87. The molecule has 1 rings (SSSR count). The van der Waals surface area contributed by atoms with Crippen molar-refractivity contribution in [3.8, 4) is 0 Å². The van der Waals surface area contributed by atoms with E-state index in [1.54, 1.807) is 23.3 Å². The molecule has 5 heteroatoms. The topological polar surface area (TPSA) is 57.6 Å². The van der Waals surface area contributed by atoms with Crippen molar-refractivity contribution in [2.45, 2.75) is 18.7 Å². The third kappa shape index (κ3) is 2.57. The van der Waals surface area contributed by atoms with Crippen molar-refractivity contribution in [3.05, 3.63) is 24.4 Å². The normalized spacial score (nSPS) is 22.3. The summed E-state index contributed by atoms with van der Waals surface area (Å²) in [7, 11) is -4.01. The highest BCUT2D eigenvalue weighted by atomic mass is 32.2. The summed E-state index contributed by atoms with van der Waals surface area (Å²) in [4.78, 5) is 1.59. The molecule has 0 fully saturated rings. The predicted molar refractivity (Wildman–Crippen MR) is 50.6 cm³/mol. The fourth-order valence-corrected chi connectivity index (χ4v) is 2.05. The zero-order valence-corrected chi connectivity index (χ0v) is 8.24. The molecule has 1 N–H and O–H groups in total. The van der Waals surface area contributed by atoms with Gasteiger partial charge in [0.2, 0.25) is 0 Å². The molecule has 1 aliphatic rings. The molecular formula is C8H13NO3S. The number of allylic oxidation sites excluding steroid dienone is 2. The maximum Gasteiger partial charge on any atom is 0.290 e. The van der Waals surface area contributed by atoms with Gasteiger partial charge in [-0.2, -0.15) is 8.42 Å². The van der Waals surface area contributed by atoms with Crippen molar-refractivity contribution < 1.29 is 13.0 Å². The number of hydrogen-bond acceptors (Lipinski definition) is 3. The quantitative estimate of drug-likeness (QED) is 0.695. The first-order chi connectivity index (χ1) is 6.05. The summed E-state index contributed by atoms with van der Waals surface area (Å²) >= 11 is 0. The van der Waals surface area contributed by atoms with Gasteiger partial charge in [-0.3, -0.25) is 4.55 Å². The van der Waals surface area contributed by atoms with Crippen molar-refractivity contribution >= 4 is 10.1 Å². The van der Waals surface area contributed by atoms with Gasteiger partial charge in [0, 0.05) is 12.7 Å². The summed E-state index contributed by atoms with van der Waals surface area (Å²) in [6, 6.07) is 0. The Balaban J connectivity index is 2.83. The predicted octanol–water partition coefficient (Wildman–Crippen LogP) is 0.996. The van der Waals surface area contributed by atoms with Gasteiger partial charge in [-0.15, -0.1) is 0 Å². The number of nitrogens with zero attached hydrogens (tertiary/aromatic N) is 1. The minimum Gasteiger partial charge on any atom is -0.356 e. The van der Waals surface area contributed by atoms with Gasteiger partial charge >= 0.3 is 0 Å². The van der Waals surface area contributed by atoms with Crippen LogP contribution in [0.25, 0.3) is 0 Å². The van der Waals surface area contributed by atoms with Crippen LogP contribution in [0, 0.1) is 0 Å². The lowest BCUT2D eigenvalue weighted by Crippen LogP contribution is -2.37. The van der Waals surface area contributed by atoms with Crippen molar-refractivity contribution in [1.82, 2.24) is 4.90 Å². The van der Waals surface area contributed by atoms with Gasteiger partial charge in [-0.25, -0.2) is 0 Å². The molecule has 0 aliphatic carbocycles. The van der Waals surface area contributed by atoms with Crippen LogP contribution < -0.4 is 0 Å². The van der Waals surface area contributed by atoms with Crippen LogP contribution in [0.15, 0.2) is 24.4 Å². The van der Waals surface area contributed by atoms with E-state index in [1.165, 1.54) is 6.08 Å². The van der Waals surface area contributed by atoms with E-state index in [4.69, 9.17) is 4.55 Å². The first-order valence-electron chi connectivity index (χ1n) is 4.12. The monoisotopic (exact) mass is 203 g/mol. The molecule has 0 spiro atoms. The minimum absolute atomic E-state index is 0.616. The van der Waals surface area contributed by atoms with E-state index in [0.717, 1.165) is 6.42 Å². The lowest BCUT2D eigenvalue weighted by atomic mass is 10.3. The van der Waals surface area contributed by atoms with Gasteiger partial charge in [0.25, 0.3) is 10.1 Å². The molecule has 0 aromatic rings. The lowest BCUT2D eigenvalue weighted by Gasteiger charge is -2.27. The molecule has 0 aromatic heterocycles. The zero-order valence-electron chi connectivity index (χ0n) is 7.42. The molecule has 0 saturated heterocycles. The third-order valence-corrected chi connectivity index (χ3v) is 2.82. The summed E-state index contributed by atoms with van der Waals surface area (Å²) in [5, 5.41) is -0.919. The Kier molecular flexibility index (Phi) is 3.11. The maximum absolute atomic E-state index is 10.9. The summed E-state index contributed by atoms with van der Waals surface area (Å²) < 4.78 is 30.7. The van der Waals surface area contributed by atoms with Crippen molar-refractivity contribution in [2.24, 2.45) is 0 Å². The van der Waals surface area contributed by atoms with Crippen molar-refractivity contribution in [2.75, 3.05) is 6.54 Å². The summed E-state index contributed by atoms with van der Waals surface area (Å²) in [5.41, 5.74) is 0. The second kappa shape index (κ2) is 3.93. The van der Waals surface area contributed by atoms with E-state index in [9.17, 15) is 8.42 Å². The fraction of sp³-hybridized carbons (Fsp3) is 0.500. The van der Waals surface area contributed by atoms with Gasteiger partial charge in [-0.05, 0) is 18.6 Å². The van der Waals surface area contributed by atoms with Gasteiger partial charge in [0.15, 0.2) is 5.37 Å². The number of rotatable bonds is 3. The Hall–Kier alpha value is -0.810. The minimum atomic E-state index is -4.01. The van der Waals surface area contributed by atoms with Gasteiger partial charge in [0.05, 0.1) is 0 Å². The summed E-state index contributed by atoms with van der Waals surface area (Å²) in [5.74, 6) is 0. The summed E-state index contributed by atoms with van der Waals surface area (Å²) in [6.45, 7) is 2.57. The fourth-order valence-electron chi connectivity index (χ4n) is 1.25. The van der Waals surface area contributed by atoms with Crippen LogP contribution in [-0.2, 0) is 10.1 Å². The lowest BCUT2D eigenvalue weighted by molar-refractivity contribution is 0.348. The molecule has 4 nitrogen and oxygen atoms in total. The average molecular weight is 203 g/mol. The zero-order chi connectivity index (χ0) is 9.90. The SMILES string of the molecule is CCCN1C=CC=CC1S(=O)(=O)O. The van der Waals surface area contributed by atoms with E-state index in [0.29, 0.717) is 6.54 Å². The van der Waals surface area contributed by atoms with Gasteiger partial charge in [0.1, 0.15) is 0 Å². The Morgan fingerprint density at radius 2 is 2.15 bits per heavy atom. The molecule has 1 unspecified atom stereocenters. The molecule has 0 radical (unpaired) electrons. The van der Waals surface area contributed by atoms with Crippen molar-refractivity contribution in [1.29, 1.82) is 0 Å². The molecule has 1 heterocycles. The molecule has 1 aliphatic heterocycles. The van der Waals surface area contributed by atoms with E-state index in [1.807, 2.05) is 6.92 Å². The molecule has 13 heavy (non-hydrogen) atoms. The molecular weight excluding hydrogens is 190 g/mol.